The molecule has 5 heteroatoms. The number of piperidine rings is 1. The third-order valence-electron chi connectivity index (χ3n) is 3.66. The molecule has 0 radical (unpaired) electrons. The predicted octanol–water partition coefficient (Wildman–Crippen LogP) is 2.67. The fourth-order valence-corrected chi connectivity index (χ4v) is 2.87. The molecule has 2 nitrogen and oxygen atoms in total. The van der Waals surface area contributed by atoms with Gasteiger partial charge in [0, 0.05) is 12.1 Å². The smallest absolute Gasteiger partial charge is 0.324 e. The molecule has 2 rings (SSSR count). The summed E-state index contributed by atoms with van der Waals surface area (Å²) in [6.45, 7) is 1.60. The highest BCUT2D eigenvalue weighted by atomic mass is 19.4. The molecular weight excluding hydrogens is 253 g/mol. The van der Waals surface area contributed by atoms with Gasteiger partial charge in [-0.05, 0) is 44.5 Å². The van der Waals surface area contributed by atoms with E-state index in [9.17, 15) is 13.2 Å². The lowest BCUT2D eigenvalue weighted by atomic mass is 9.83. The summed E-state index contributed by atoms with van der Waals surface area (Å²) in [5, 5.41) is 0. The molecule has 0 spiro atoms. The minimum atomic E-state index is -4.31. The molecule has 1 aromatic carbocycles. The number of hydrogen-bond acceptors (Lipinski definition) is 2. The summed E-state index contributed by atoms with van der Waals surface area (Å²) in [5.74, 6) is 0. The van der Waals surface area contributed by atoms with E-state index in [1.807, 2.05) is 7.05 Å². The number of alkyl halides is 3. The van der Waals surface area contributed by atoms with Gasteiger partial charge in [0.25, 0.3) is 0 Å². The van der Waals surface area contributed by atoms with E-state index in [2.05, 4.69) is 4.90 Å². The normalized spacial score (nSPS) is 25.5. The van der Waals surface area contributed by atoms with Crippen LogP contribution in [0.15, 0.2) is 24.3 Å². The van der Waals surface area contributed by atoms with Gasteiger partial charge in [0.05, 0.1) is 5.56 Å². The van der Waals surface area contributed by atoms with Gasteiger partial charge in [0.1, 0.15) is 0 Å². The van der Waals surface area contributed by atoms with Gasteiger partial charge >= 0.3 is 6.18 Å². The zero-order chi connectivity index (χ0) is 14.1. The van der Waals surface area contributed by atoms with Gasteiger partial charge < -0.3 is 10.6 Å². The topological polar surface area (TPSA) is 29.3 Å². The van der Waals surface area contributed by atoms with Crippen LogP contribution in [0.4, 0.5) is 13.2 Å². The number of hydrogen-bond donors (Lipinski definition) is 1. The van der Waals surface area contributed by atoms with Crippen LogP contribution in [0, 0.1) is 0 Å². The number of nitrogens with zero attached hydrogens (tertiary/aromatic N) is 1. The predicted molar refractivity (Wildman–Crippen MR) is 68.8 cm³/mol. The second kappa shape index (κ2) is 5.13. The molecule has 106 valence electrons. The Balaban J connectivity index is 2.23. The number of nitrogens with two attached hydrogens (primary N) is 1. The fourth-order valence-electron chi connectivity index (χ4n) is 2.87. The van der Waals surface area contributed by atoms with Gasteiger partial charge in [0.15, 0.2) is 0 Å². The van der Waals surface area contributed by atoms with Crippen LogP contribution in [0.25, 0.3) is 0 Å². The van der Waals surface area contributed by atoms with Gasteiger partial charge in [-0.2, -0.15) is 13.2 Å². The Morgan fingerprint density at radius 2 is 2.00 bits per heavy atom. The maximum Gasteiger partial charge on any atom is 0.416 e. The standard InChI is InChI=1S/C14H19F3N2/c1-19-8-4-7-13(18,10-19)9-11-5-2-3-6-12(11)14(15,16)17/h2-3,5-6H,4,7-10,18H2,1H3. The molecule has 0 saturated carbocycles. The van der Waals surface area contributed by atoms with Crippen molar-refractivity contribution in [2.75, 3.05) is 20.1 Å². The fraction of sp³-hybridized carbons (Fsp3) is 0.571. The summed E-state index contributed by atoms with van der Waals surface area (Å²) in [6.07, 6.45) is -2.34. The number of benzene rings is 1. The molecule has 1 saturated heterocycles. The Kier molecular flexibility index (Phi) is 3.87. The van der Waals surface area contributed by atoms with E-state index in [1.54, 1.807) is 6.07 Å². The van der Waals surface area contributed by atoms with Crippen molar-refractivity contribution in [3.63, 3.8) is 0 Å². The number of likely N-dealkylation sites (tertiary alicyclic amines) is 1. The molecule has 0 bridgehead atoms. The van der Waals surface area contributed by atoms with Gasteiger partial charge in [0.2, 0.25) is 0 Å². The lowest BCUT2D eigenvalue weighted by molar-refractivity contribution is -0.138. The minimum absolute atomic E-state index is 0.271. The maximum atomic E-state index is 13.0. The highest BCUT2D eigenvalue weighted by Gasteiger charge is 2.36. The van der Waals surface area contributed by atoms with Crippen molar-refractivity contribution in [2.45, 2.75) is 31.0 Å². The molecule has 1 aromatic rings. The quantitative estimate of drug-likeness (QED) is 0.897. The molecule has 0 aromatic heterocycles. The van der Waals surface area contributed by atoms with Gasteiger partial charge in [-0.25, -0.2) is 0 Å². The first-order valence-electron chi connectivity index (χ1n) is 6.43. The average molecular weight is 272 g/mol. The summed E-state index contributed by atoms with van der Waals surface area (Å²) in [4.78, 5) is 2.08. The lowest BCUT2D eigenvalue weighted by Crippen LogP contribution is -2.54. The minimum Gasteiger partial charge on any atom is -0.324 e. The van der Waals surface area contributed by atoms with Crippen molar-refractivity contribution >= 4 is 0 Å². The van der Waals surface area contributed by atoms with E-state index in [1.165, 1.54) is 12.1 Å². The maximum absolute atomic E-state index is 13.0. The zero-order valence-corrected chi connectivity index (χ0v) is 11.0. The first kappa shape index (κ1) is 14.3. The largest absolute Gasteiger partial charge is 0.416 e. The second-order valence-corrected chi connectivity index (χ2v) is 5.54. The van der Waals surface area contributed by atoms with E-state index < -0.39 is 17.3 Å². The Morgan fingerprint density at radius 3 is 2.63 bits per heavy atom. The van der Waals surface area contributed by atoms with Gasteiger partial charge in [-0.15, -0.1) is 0 Å². The Labute approximate surface area is 111 Å². The highest BCUT2D eigenvalue weighted by molar-refractivity contribution is 5.31. The van der Waals surface area contributed by atoms with E-state index >= 15 is 0 Å². The summed E-state index contributed by atoms with van der Waals surface area (Å²) >= 11 is 0. The molecular formula is C14H19F3N2. The van der Waals surface area contributed by atoms with E-state index in [0.717, 1.165) is 25.5 Å². The van der Waals surface area contributed by atoms with Crippen LogP contribution < -0.4 is 5.73 Å². The van der Waals surface area contributed by atoms with Gasteiger partial charge in [-0.3, -0.25) is 0 Å². The van der Waals surface area contributed by atoms with Crippen molar-refractivity contribution in [1.29, 1.82) is 0 Å². The van der Waals surface area contributed by atoms with E-state index in [4.69, 9.17) is 5.73 Å². The van der Waals surface area contributed by atoms with Crippen molar-refractivity contribution in [1.82, 2.24) is 4.90 Å². The van der Waals surface area contributed by atoms with E-state index in [0.29, 0.717) is 12.1 Å². The van der Waals surface area contributed by atoms with Crippen LogP contribution in [0.2, 0.25) is 0 Å². The first-order chi connectivity index (χ1) is 8.80. The van der Waals surface area contributed by atoms with Crippen molar-refractivity contribution in [3.8, 4) is 0 Å². The third kappa shape index (κ3) is 3.48. The molecule has 2 N–H and O–H groups in total. The highest BCUT2D eigenvalue weighted by Crippen LogP contribution is 2.34. The molecule has 0 aliphatic carbocycles. The zero-order valence-electron chi connectivity index (χ0n) is 11.0. The Hall–Kier alpha value is -1.07. The number of rotatable bonds is 2. The van der Waals surface area contributed by atoms with Crippen LogP contribution in [-0.2, 0) is 12.6 Å². The Bertz CT molecular complexity index is 445. The number of halogens is 3. The average Bonchev–Trinajstić information content (AvgIpc) is 2.27. The van der Waals surface area contributed by atoms with Crippen LogP contribution in [0.1, 0.15) is 24.0 Å². The van der Waals surface area contributed by atoms with Crippen LogP contribution >= 0.6 is 0 Å². The van der Waals surface area contributed by atoms with Crippen molar-refractivity contribution < 1.29 is 13.2 Å². The monoisotopic (exact) mass is 272 g/mol. The molecule has 1 atom stereocenters. The molecule has 1 aliphatic heterocycles. The number of likely N-dealkylation sites (N-methyl/N-ethyl adjacent to an activating group) is 1. The van der Waals surface area contributed by atoms with Crippen molar-refractivity contribution in [2.24, 2.45) is 5.73 Å². The van der Waals surface area contributed by atoms with Crippen LogP contribution in [-0.4, -0.2) is 30.6 Å². The third-order valence-corrected chi connectivity index (χ3v) is 3.66. The SMILES string of the molecule is CN1CCCC(N)(Cc2ccccc2C(F)(F)F)C1. The van der Waals surface area contributed by atoms with Crippen LogP contribution in [0.3, 0.4) is 0 Å². The van der Waals surface area contributed by atoms with Crippen LogP contribution in [0.5, 0.6) is 0 Å². The molecule has 1 aliphatic rings. The lowest BCUT2D eigenvalue weighted by Gasteiger charge is -2.39. The summed E-state index contributed by atoms with van der Waals surface area (Å²) in [6, 6.07) is 5.72. The van der Waals surface area contributed by atoms with E-state index in [-0.39, 0.29) is 6.42 Å². The Morgan fingerprint density at radius 1 is 1.32 bits per heavy atom. The second-order valence-electron chi connectivity index (χ2n) is 5.54. The summed E-state index contributed by atoms with van der Waals surface area (Å²) in [5.41, 5.74) is 5.46. The van der Waals surface area contributed by atoms with Crippen molar-refractivity contribution in [3.05, 3.63) is 35.4 Å². The molecule has 1 heterocycles. The first-order valence-corrected chi connectivity index (χ1v) is 6.43. The molecule has 0 amide bonds. The van der Waals surface area contributed by atoms with Gasteiger partial charge in [-0.1, -0.05) is 18.2 Å². The molecule has 1 unspecified atom stereocenters. The molecule has 19 heavy (non-hydrogen) atoms. The molecule has 1 fully saturated rings. The summed E-state index contributed by atoms with van der Waals surface area (Å²) < 4.78 is 38.9. The summed E-state index contributed by atoms with van der Waals surface area (Å²) in [7, 11) is 1.95.